The van der Waals surface area contributed by atoms with Crippen LogP contribution in [0.25, 0.3) is 10.1 Å². The number of urea groups is 1. The van der Waals surface area contributed by atoms with E-state index in [1.165, 1.54) is 11.5 Å². The normalized spacial score (nSPS) is 10.6. The van der Waals surface area contributed by atoms with Crippen LogP contribution in [-0.4, -0.2) is 10.4 Å². The van der Waals surface area contributed by atoms with Crippen LogP contribution in [0, 0.1) is 6.92 Å². The molecule has 3 aromatic rings. The van der Waals surface area contributed by atoms with Gasteiger partial charge in [-0.1, -0.05) is 17.7 Å². The molecule has 2 amide bonds. The molecule has 21 heavy (non-hydrogen) atoms. The quantitative estimate of drug-likeness (QED) is 0.706. The Bertz CT molecular complexity index is 816. The molecule has 0 atom stereocenters. The Hall–Kier alpha value is -2.11. The number of carbonyl (C=O) groups excluding carboxylic acids is 1. The molecule has 0 aliphatic heterocycles. The van der Waals surface area contributed by atoms with Gasteiger partial charge < -0.3 is 10.6 Å². The number of rotatable bonds is 2. The predicted octanol–water partition coefficient (Wildman–Crippen LogP) is 4.90. The summed E-state index contributed by atoms with van der Waals surface area (Å²) >= 11 is 7.33. The Labute approximate surface area is 130 Å². The SMILES string of the molecule is Cc1ccc(Cl)cc1NC(=O)Nc1ccc2cnsc2c1. The van der Waals surface area contributed by atoms with E-state index in [4.69, 9.17) is 11.6 Å². The lowest BCUT2D eigenvalue weighted by molar-refractivity contribution is 0.262. The average molecular weight is 318 g/mol. The average Bonchev–Trinajstić information content (AvgIpc) is 2.90. The monoisotopic (exact) mass is 317 g/mol. The zero-order valence-electron chi connectivity index (χ0n) is 11.2. The summed E-state index contributed by atoms with van der Waals surface area (Å²) in [5, 5.41) is 7.25. The number of carbonyl (C=O) groups is 1. The van der Waals surface area contributed by atoms with E-state index in [9.17, 15) is 4.79 Å². The Morgan fingerprint density at radius 3 is 2.90 bits per heavy atom. The van der Waals surface area contributed by atoms with E-state index in [0.717, 1.165) is 21.3 Å². The number of aryl methyl sites for hydroxylation is 1. The fraction of sp³-hybridized carbons (Fsp3) is 0.0667. The molecule has 0 spiro atoms. The Kier molecular flexibility index (Phi) is 3.77. The molecular formula is C15H12ClN3OS. The first-order valence-electron chi connectivity index (χ1n) is 6.30. The van der Waals surface area contributed by atoms with E-state index in [2.05, 4.69) is 15.0 Å². The summed E-state index contributed by atoms with van der Waals surface area (Å²) in [5.74, 6) is 0. The summed E-state index contributed by atoms with van der Waals surface area (Å²) in [6, 6.07) is 10.8. The second-order valence-corrected chi connectivity index (χ2v) is 5.89. The fourth-order valence-corrected chi connectivity index (χ4v) is 2.81. The van der Waals surface area contributed by atoms with Crippen molar-refractivity contribution in [3.63, 3.8) is 0 Å². The van der Waals surface area contributed by atoms with Crippen LogP contribution in [0.4, 0.5) is 16.2 Å². The summed E-state index contributed by atoms with van der Waals surface area (Å²) in [6.45, 7) is 1.91. The van der Waals surface area contributed by atoms with Crippen molar-refractivity contribution in [3.05, 3.63) is 53.2 Å². The molecular weight excluding hydrogens is 306 g/mol. The molecule has 2 N–H and O–H groups in total. The van der Waals surface area contributed by atoms with Crippen LogP contribution >= 0.6 is 23.1 Å². The van der Waals surface area contributed by atoms with Gasteiger partial charge in [-0.15, -0.1) is 0 Å². The topological polar surface area (TPSA) is 54.0 Å². The summed E-state index contributed by atoms with van der Waals surface area (Å²) in [5.41, 5.74) is 2.37. The van der Waals surface area contributed by atoms with Crippen molar-refractivity contribution in [1.29, 1.82) is 0 Å². The van der Waals surface area contributed by atoms with Crippen LogP contribution in [-0.2, 0) is 0 Å². The Morgan fingerprint density at radius 1 is 1.19 bits per heavy atom. The van der Waals surface area contributed by atoms with Crippen LogP contribution in [0.15, 0.2) is 42.6 Å². The van der Waals surface area contributed by atoms with Gasteiger partial charge in [-0.05, 0) is 54.4 Å². The minimum absolute atomic E-state index is 0.302. The number of fused-ring (bicyclic) bond motifs is 1. The number of aromatic nitrogens is 1. The first-order valence-corrected chi connectivity index (χ1v) is 7.45. The van der Waals surface area contributed by atoms with Gasteiger partial charge in [0.15, 0.2) is 0 Å². The Morgan fingerprint density at radius 2 is 2.05 bits per heavy atom. The van der Waals surface area contributed by atoms with Crippen LogP contribution in [0.5, 0.6) is 0 Å². The molecule has 0 fully saturated rings. The minimum atomic E-state index is -0.302. The highest BCUT2D eigenvalue weighted by Crippen LogP contribution is 2.23. The number of amides is 2. The van der Waals surface area contributed by atoms with Crippen molar-refractivity contribution in [2.75, 3.05) is 10.6 Å². The van der Waals surface area contributed by atoms with Gasteiger partial charge in [-0.2, -0.15) is 4.37 Å². The maximum Gasteiger partial charge on any atom is 0.323 e. The third kappa shape index (κ3) is 3.15. The van der Waals surface area contributed by atoms with Gasteiger partial charge in [0.1, 0.15) is 0 Å². The van der Waals surface area contributed by atoms with Crippen molar-refractivity contribution in [2.45, 2.75) is 6.92 Å². The van der Waals surface area contributed by atoms with Gasteiger partial charge in [0.25, 0.3) is 0 Å². The van der Waals surface area contributed by atoms with Crippen molar-refractivity contribution in [2.24, 2.45) is 0 Å². The molecule has 0 unspecified atom stereocenters. The molecule has 0 radical (unpaired) electrons. The van der Waals surface area contributed by atoms with Crippen LogP contribution < -0.4 is 10.6 Å². The maximum absolute atomic E-state index is 12.0. The second kappa shape index (κ2) is 5.71. The summed E-state index contributed by atoms with van der Waals surface area (Å²) in [7, 11) is 0. The zero-order chi connectivity index (χ0) is 14.8. The molecule has 4 nitrogen and oxygen atoms in total. The molecule has 0 aliphatic carbocycles. The fourth-order valence-electron chi connectivity index (χ4n) is 1.95. The van der Waals surface area contributed by atoms with Crippen molar-refractivity contribution in [1.82, 2.24) is 4.37 Å². The first kappa shape index (κ1) is 13.9. The molecule has 2 aromatic carbocycles. The third-order valence-electron chi connectivity index (χ3n) is 3.06. The van der Waals surface area contributed by atoms with E-state index >= 15 is 0 Å². The van der Waals surface area contributed by atoms with Crippen molar-refractivity contribution >= 4 is 50.6 Å². The van der Waals surface area contributed by atoms with Gasteiger partial charge in [-0.25, -0.2) is 4.79 Å². The summed E-state index contributed by atoms with van der Waals surface area (Å²) < 4.78 is 5.14. The lowest BCUT2D eigenvalue weighted by Crippen LogP contribution is -2.19. The van der Waals surface area contributed by atoms with Crippen molar-refractivity contribution in [3.8, 4) is 0 Å². The molecule has 0 bridgehead atoms. The molecule has 0 saturated carbocycles. The molecule has 3 rings (SSSR count). The minimum Gasteiger partial charge on any atom is -0.308 e. The number of hydrogen-bond donors (Lipinski definition) is 2. The standard InChI is InChI=1S/C15H12ClN3OS/c1-9-2-4-11(16)6-13(9)19-15(20)18-12-5-3-10-8-17-21-14(10)7-12/h2-8H,1H3,(H2,18,19,20). The van der Waals surface area contributed by atoms with E-state index in [-0.39, 0.29) is 6.03 Å². The number of halogens is 1. The van der Waals surface area contributed by atoms with E-state index < -0.39 is 0 Å². The maximum atomic E-state index is 12.0. The first-order chi connectivity index (χ1) is 10.1. The highest BCUT2D eigenvalue weighted by atomic mass is 35.5. The van der Waals surface area contributed by atoms with Crippen LogP contribution in [0.1, 0.15) is 5.56 Å². The lowest BCUT2D eigenvalue weighted by Gasteiger charge is -2.10. The van der Waals surface area contributed by atoms with Gasteiger partial charge >= 0.3 is 6.03 Å². The van der Waals surface area contributed by atoms with E-state index in [0.29, 0.717) is 10.7 Å². The molecule has 1 aromatic heterocycles. The van der Waals surface area contributed by atoms with Gasteiger partial charge in [0.2, 0.25) is 0 Å². The largest absolute Gasteiger partial charge is 0.323 e. The van der Waals surface area contributed by atoms with Gasteiger partial charge in [-0.3, -0.25) is 0 Å². The van der Waals surface area contributed by atoms with Crippen LogP contribution in [0.3, 0.4) is 0 Å². The zero-order valence-corrected chi connectivity index (χ0v) is 12.8. The number of nitrogens with one attached hydrogen (secondary N) is 2. The predicted molar refractivity (Wildman–Crippen MR) is 88.5 cm³/mol. The van der Waals surface area contributed by atoms with Gasteiger partial charge in [0, 0.05) is 28.0 Å². The molecule has 0 saturated heterocycles. The number of anilines is 2. The third-order valence-corrected chi connectivity index (χ3v) is 4.06. The van der Waals surface area contributed by atoms with Crippen LogP contribution in [0.2, 0.25) is 5.02 Å². The number of benzene rings is 2. The lowest BCUT2D eigenvalue weighted by atomic mass is 10.2. The highest BCUT2D eigenvalue weighted by molar-refractivity contribution is 7.13. The Balaban J connectivity index is 1.75. The molecule has 6 heteroatoms. The van der Waals surface area contributed by atoms with Crippen molar-refractivity contribution < 1.29 is 4.79 Å². The summed E-state index contributed by atoms with van der Waals surface area (Å²) in [4.78, 5) is 12.0. The second-order valence-electron chi connectivity index (χ2n) is 4.62. The molecule has 1 heterocycles. The number of nitrogens with zero attached hydrogens (tertiary/aromatic N) is 1. The van der Waals surface area contributed by atoms with E-state index in [1.54, 1.807) is 18.3 Å². The number of hydrogen-bond acceptors (Lipinski definition) is 3. The molecule has 0 aliphatic rings. The van der Waals surface area contributed by atoms with Gasteiger partial charge in [0.05, 0.1) is 4.70 Å². The highest BCUT2D eigenvalue weighted by Gasteiger charge is 2.06. The summed E-state index contributed by atoms with van der Waals surface area (Å²) in [6.07, 6.45) is 1.80. The van der Waals surface area contributed by atoms with E-state index in [1.807, 2.05) is 31.2 Å². The smallest absolute Gasteiger partial charge is 0.308 e. The molecule has 106 valence electrons.